The van der Waals surface area contributed by atoms with Gasteiger partial charge in [-0.05, 0) is 34.7 Å². The first-order valence-electron chi connectivity index (χ1n) is 7.62. The zero-order chi connectivity index (χ0) is 15.1. The smallest absolute Gasteiger partial charge is 0.200 e. The Kier molecular flexibility index (Phi) is 2.93. The monoisotopic (exact) mass is 284 g/mol. The van der Waals surface area contributed by atoms with Gasteiger partial charge in [-0.1, -0.05) is 54.6 Å². The van der Waals surface area contributed by atoms with Crippen LogP contribution in [0.2, 0.25) is 0 Å². The van der Waals surface area contributed by atoms with Gasteiger partial charge in [-0.2, -0.15) is 0 Å². The van der Waals surface area contributed by atoms with Crippen LogP contribution in [0, 0.1) is 6.92 Å². The van der Waals surface area contributed by atoms with Crippen molar-refractivity contribution < 1.29 is 4.57 Å². The molecular weight excluding hydrogens is 266 g/mol. The molecule has 0 aliphatic rings. The minimum Gasteiger partial charge on any atom is -0.200 e. The van der Waals surface area contributed by atoms with Gasteiger partial charge in [0.15, 0.2) is 6.20 Å². The fourth-order valence-corrected chi connectivity index (χ4v) is 3.30. The van der Waals surface area contributed by atoms with Crippen molar-refractivity contribution in [1.29, 1.82) is 0 Å². The Morgan fingerprint density at radius 3 is 2.32 bits per heavy atom. The predicted molar refractivity (Wildman–Crippen MR) is 92.8 cm³/mol. The summed E-state index contributed by atoms with van der Waals surface area (Å²) in [5.74, 6) is 0. The lowest BCUT2D eigenvalue weighted by Gasteiger charge is -2.10. The number of nitrogens with zero attached hydrogens (tertiary/aromatic N) is 1. The fraction of sp³-hybridized carbons (Fsp3) is 0.0952. The van der Waals surface area contributed by atoms with Gasteiger partial charge < -0.3 is 0 Å². The summed E-state index contributed by atoms with van der Waals surface area (Å²) in [6, 6.07) is 23.9. The van der Waals surface area contributed by atoms with E-state index in [-0.39, 0.29) is 0 Å². The molecule has 0 aliphatic carbocycles. The lowest BCUT2D eigenvalue weighted by Crippen LogP contribution is -2.30. The summed E-state index contributed by atoms with van der Waals surface area (Å²) < 4.78 is 2.23. The van der Waals surface area contributed by atoms with Gasteiger partial charge in [-0.25, -0.2) is 4.57 Å². The molecule has 106 valence electrons. The number of hydrogen-bond acceptors (Lipinski definition) is 0. The molecule has 4 rings (SSSR count). The Labute approximate surface area is 130 Å². The van der Waals surface area contributed by atoms with Crippen LogP contribution in [-0.2, 0) is 7.05 Å². The van der Waals surface area contributed by atoms with Crippen LogP contribution in [-0.4, -0.2) is 0 Å². The number of rotatable bonds is 1. The summed E-state index contributed by atoms with van der Waals surface area (Å²) in [4.78, 5) is 0. The van der Waals surface area contributed by atoms with E-state index in [1.807, 2.05) is 0 Å². The number of fused-ring (bicyclic) bond motifs is 3. The zero-order valence-corrected chi connectivity index (χ0v) is 12.9. The molecule has 0 radical (unpaired) electrons. The molecule has 0 bridgehead atoms. The van der Waals surface area contributed by atoms with Crippen LogP contribution in [0.5, 0.6) is 0 Å². The average molecular weight is 284 g/mol. The highest BCUT2D eigenvalue weighted by Crippen LogP contribution is 2.33. The first-order chi connectivity index (χ1) is 10.8. The molecular formula is C21H18N+. The van der Waals surface area contributed by atoms with Crippen molar-refractivity contribution in [2.24, 2.45) is 7.05 Å². The molecule has 1 nitrogen and oxygen atoms in total. The Balaban J connectivity index is 2.24. The summed E-state index contributed by atoms with van der Waals surface area (Å²) in [7, 11) is 2.13. The highest BCUT2D eigenvalue weighted by atomic mass is 14.9. The fourth-order valence-electron chi connectivity index (χ4n) is 3.30. The van der Waals surface area contributed by atoms with E-state index in [9.17, 15) is 0 Å². The van der Waals surface area contributed by atoms with Gasteiger partial charge in [0.25, 0.3) is 0 Å². The summed E-state index contributed by atoms with van der Waals surface area (Å²) in [6.45, 7) is 2.18. The third kappa shape index (κ3) is 1.90. The molecule has 0 aliphatic heterocycles. The molecule has 0 spiro atoms. The van der Waals surface area contributed by atoms with Crippen molar-refractivity contribution >= 4 is 21.5 Å². The summed E-state index contributed by atoms with van der Waals surface area (Å²) in [6.07, 6.45) is 2.15. The van der Waals surface area contributed by atoms with Crippen molar-refractivity contribution in [3.8, 4) is 11.3 Å². The maximum atomic E-state index is 2.23. The second-order valence-electron chi connectivity index (χ2n) is 5.84. The Morgan fingerprint density at radius 2 is 1.45 bits per heavy atom. The van der Waals surface area contributed by atoms with Crippen molar-refractivity contribution in [3.05, 3.63) is 78.5 Å². The Bertz CT molecular complexity index is 999. The van der Waals surface area contributed by atoms with Crippen molar-refractivity contribution in [2.75, 3.05) is 0 Å². The van der Waals surface area contributed by atoms with Crippen LogP contribution in [0.4, 0.5) is 0 Å². The standard InChI is InChI=1S/C21H18N/c1-15-7-3-5-9-18(15)21-20-17(13-14-22(21)2)12-11-16-8-4-6-10-19(16)20/h3-14H,1-2H3/q+1. The molecule has 0 atom stereocenters. The average Bonchev–Trinajstić information content (AvgIpc) is 2.55. The first-order valence-corrected chi connectivity index (χ1v) is 7.62. The minimum absolute atomic E-state index is 1.28. The van der Waals surface area contributed by atoms with E-state index < -0.39 is 0 Å². The molecule has 0 amide bonds. The van der Waals surface area contributed by atoms with Gasteiger partial charge in [0, 0.05) is 11.6 Å². The van der Waals surface area contributed by atoms with Crippen molar-refractivity contribution in [1.82, 2.24) is 0 Å². The van der Waals surface area contributed by atoms with Crippen LogP contribution in [0.15, 0.2) is 72.9 Å². The quantitative estimate of drug-likeness (QED) is 0.349. The van der Waals surface area contributed by atoms with E-state index in [4.69, 9.17) is 0 Å². The highest BCUT2D eigenvalue weighted by Gasteiger charge is 2.18. The second kappa shape index (κ2) is 4.96. The molecule has 4 aromatic rings. The second-order valence-corrected chi connectivity index (χ2v) is 5.84. The normalized spacial score (nSPS) is 11.2. The molecule has 22 heavy (non-hydrogen) atoms. The lowest BCUT2D eigenvalue weighted by molar-refractivity contribution is -0.659. The maximum absolute atomic E-state index is 2.23. The molecule has 0 fully saturated rings. The molecule has 1 heteroatoms. The SMILES string of the molecule is Cc1ccccc1-c1c2c(ccc3ccccc32)cc[n+]1C. The summed E-state index contributed by atoms with van der Waals surface area (Å²) in [5, 5.41) is 5.22. The molecule has 0 N–H and O–H groups in total. The molecule has 1 aromatic heterocycles. The molecule has 0 saturated carbocycles. The van der Waals surface area contributed by atoms with Crippen LogP contribution in [0.25, 0.3) is 32.8 Å². The van der Waals surface area contributed by atoms with Crippen LogP contribution in [0.3, 0.4) is 0 Å². The van der Waals surface area contributed by atoms with Crippen molar-refractivity contribution in [2.45, 2.75) is 6.92 Å². The molecule has 0 unspecified atom stereocenters. The highest BCUT2D eigenvalue weighted by molar-refractivity contribution is 6.12. The molecule has 1 heterocycles. The lowest BCUT2D eigenvalue weighted by atomic mass is 9.95. The third-order valence-electron chi connectivity index (χ3n) is 4.43. The summed E-state index contributed by atoms with van der Waals surface area (Å²) >= 11 is 0. The van der Waals surface area contributed by atoms with Crippen LogP contribution < -0.4 is 4.57 Å². The van der Waals surface area contributed by atoms with Gasteiger partial charge in [0.05, 0.1) is 5.39 Å². The largest absolute Gasteiger partial charge is 0.221 e. The van der Waals surface area contributed by atoms with Gasteiger partial charge in [-0.15, -0.1) is 0 Å². The van der Waals surface area contributed by atoms with Crippen LogP contribution in [0.1, 0.15) is 5.56 Å². The van der Waals surface area contributed by atoms with E-state index in [2.05, 4.69) is 91.5 Å². The first kappa shape index (κ1) is 13.0. The topological polar surface area (TPSA) is 3.88 Å². The van der Waals surface area contributed by atoms with Gasteiger partial charge in [0.1, 0.15) is 7.05 Å². The summed E-state index contributed by atoms with van der Waals surface area (Å²) in [5.41, 5.74) is 3.89. The number of pyridine rings is 1. The number of aromatic nitrogens is 1. The molecule has 3 aromatic carbocycles. The van der Waals surface area contributed by atoms with E-state index in [1.165, 1.54) is 38.4 Å². The zero-order valence-electron chi connectivity index (χ0n) is 12.9. The minimum atomic E-state index is 1.28. The van der Waals surface area contributed by atoms with Crippen molar-refractivity contribution in [3.63, 3.8) is 0 Å². The Morgan fingerprint density at radius 1 is 0.727 bits per heavy atom. The number of benzene rings is 3. The van der Waals surface area contributed by atoms with Crippen LogP contribution >= 0.6 is 0 Å². The number of aryl methyl sites for hydroxylation is 2. The van der Waals surface area contributed by atoms with E-state index in [0.29, 0.717) is 0 Å². The van der Waals surface area contributed by atoms with Gasteiger partial charge in [0.2, 0.25) is 5.69 Å². The maximum Gasteiger partial charge on any atom is 0.221 e. The van der Waals surface area contributed by atoms with E-state index in [0.717, 1.165) is 0 Å². The Hall–Kier alpha value is -2.67. The molecule has 0 saturated heterocycles. The third-order valence-corrected chi connectivity index (χ3v) is 4.43. The number of hydrogen-bond donors (Lipinski definition) is 0. The van der Waals surface area contributed by atoms with E-state index >= 15 is 0 Å². The van der Waals surface area contributed by atoms with E-state index in [1.54, 1.807) is 0 Å². The predicted octanol–water partition coefficient (Wildman–Crippen LogP) is 4.79. The van der Waals surface area contributed by atoms with Gasteiger partial charge >= 0.3 is 0 Å². The van der Waals surface area contributed by atoms with Gasteiger partial charge in [-0.3, -0.25) is 0 Å².